The predicted octanol–water partition coefficient (Wildman–Crippen LogP) is 5.08. The number of aliphatic hydroxyl groups is 1. The summed E-state index contributed by atoms with van der Waals surface area (Å²) >= 11 is 12.6. The summed E-state index contributed by atoms with van der Waals surface area (Å²) in [7, 11) is 0. The minimum Gasteiger partial charge on any atom is -0.476 e. The van der Waals surface area contributed by atoms with E-state index in [1.165, 1.54) is 12.3 Å². The minimum atomic E-state index is -2.62. The number of fused-ring (bicyclic) bond motifs is 2. The molecule has 4 rings (SSSR count). The lowest BCUT2D eigenvalue weighted by atomic mass is 9.96. The highest BCUT2D eigenvalue weighted by atomic mass is 35.5. The average molecular weight is 600 g/mol. The molecule has 0 saturated carbocycles. The molecule has 40 heavy (non-hydrogen) atoms. The van der Waals surface area contributed by atoms with Crippen LogP contribution >= 0.6 is 23.2 Å². The molecule has 2 aromatic rings. The van der Waals surface area contributed by atoms with E-state index in [9.17, 15) is 23.5 Å². The van der Waals surface area contributed by atoms with Gasteiger partial charge in [0.1, 0.15) is 11.6 Å². The Morgan fingerprint density at radius 1 is 1.12 bits per heavy atom. The van der Waals surface area contributed by atoms with Gasteiger partial charge in [-0.2, -0.15) is 0 Å². The fraction of sp³-hybridized carbons (Fsp3) is 0.536. The number of carbonyl (C=O) groups is 2. The Bertz CT molecular complexity index is 1240. The molecular formula is C28H34Cl2F2N4O4. The quantitative estimate of drug-likeness (QED) is 0.372. The van der Waals surface area contributed by atoms with Gasteiger partial charge in [-0.3, -0.25) is 9.59 Å². The fourth-order valence-electron chi connectivity index (χ4n) is 5.37. The highest BCUT2D eigenvalue weighted by Gasteiger charge is 2.43. The summed E-state index contributed by atoms with van der Waals surface area (Å²) < 4.78 is 30.8. The first-order chi connectivity index (χ1) is 18.7. The van der Waals surface area contributed by atoms with Crippen molar-refractivity contribution >= 4 is 40.8 Å². The van der Waals surface area contributed by atoms with Crippen molar-refractivity contribution in [3.05, 3.63) is 51.6 Å². The van der Waals surface area contributed by atoms with Crippen molar-refractivity contribution in [2.45, 2.75) is 89.1 Å². The Balaban J connectivity index is 1.39. The SMILES string of the molecule is CC(C)(Oc1cc(C(C)(C)O)c(Cl)cc1Cl)C(=O)NC1C[C@H]2CC[C@@H](C1)N2c1ccc(C(=O)NCC(F)F)cn1. The summed E-state index contributed by atoms with van der Waals surface area (Å²) in [6.45, 7) is 5.80. The van der Waals surface area contributed by atoms with Crippen LogP contribution in [0.4, 0.5) is 14.6 Å². The molecule has 8 nitrogen and oxygen atoms in total. The van der Waals surface area contributed by atoms with E-state index in [0.717, 1.165) is 12.8 Å². The molecule has 2 fully saturated rings. The number of anilines is 1. The molecule has 12 heteroatoms. The van der Waals surface area contributed by atoms with Crippen LogP contribution < -0.4 is 20.3 Å². The molecule has 3 atom stereocenters. The van der Waals surface area contributed by atoms with Crippen LogP contribution in [0, 0.1) is 0 Å². The van der Waals surface area contributed by atoms with E-state index in [1.54, 1.807) is 45.9 Å². The van der Waals surface area contributed by atoms with Gasteiger partial charge in [-0.15, -0.1) is 0 Å². The molecule has 2 bridgehead atoms. The first-order valence-corrected chi connectivity index (χ1v) is 13.9. The zero-order valence-corrected chi connectivity index (χ0v) is 24.3. The molecule has 218 valence electrons. The van der Waals surface area contributed by atoms with Crippen LogP contribution in [0.1, 0.15) is 69.3 Å². The van der Waals surface area contributed by atoms with Crippen molar-refractivity contribution in [2.24, 2.45) is 0 Å². The highest BCUT2D eigenvalue weighted by Crippen LogP contribution is 2.40. The van der Waals surface area contributed by atoms with Crippen LogP contribution in [-0.2, 0) is 10.4 Å². The molecule has 1 aromatic carbocycles. The van der Waals surface area contributed by atoms with E-state index in [-0.39, 0.29) is 40.4 Å². The second-order valence-corrected chi connectivity index (χ2v) is 12.2. The molecule has 2 aliphatic rings. The third-order valence-electron chi connectivity index (χ3n) is 7.35. The number of nitrogens with one attached hydrogen (secondary N) is 2. The Morgan fingerprint density at radius 3 is 2.33 bits per heavy atom. The van der Waals surface area contributed by atoms with Crippen LogP contribution in [0.2, 0.25) is 10.0 Å². The van der Waals surface area contributed by atoms with Crippen molar-refractivity contribution < 1.29 is 28.2 Å². The topological polar surface area (TPSA) is 104 Å². The van der Waals surface area contributed by atoms with Gasteiger partial charge in [-0.05, 0) is 77.6 Å². The average Bonchev–Trinajstić information content (AvgIpc) is 3.13. The lowest BCUT2D eigenvalue weighted by Crippen LogP contribution is -2.55. The van der Waals surface area contributed by atoms with Crippen LogP contribution in [0.3, 0.4) is 0 Å². The standard InChI is InChI=1S/C28H34Cl2F2N4O4/c1-27(2,39)19-11-22(21(30)12-20(19)29)40-28(3,4)26(38)35-16-9-17-6-7-18(10-16)36(17)24-8-5-15(13-33-24)25(37)34-14-23(31)32/h5,8,11-13,16-18,23,39H,6-7,9-10,14H2,1-4H3,(H,34,37)(H,35,38)/t16?,17-,18+. The summed E-state index contributed by atoms with van der Waals surface area (Å²) in [5.74, 6) is 0.0743. The molecule has 1 aromatic heterocycles. The van der Waals surface area contributed by atoms with E-state index in [0.29, 0.717) is 29.2 Å². The monoisotopic (exact) mass is 598 g/mol. The first kappa shape index (κ1) is 30.3. The van der Waals surface area contributed by atoms with Crippen LogP contribution in [0.25, 0.3) is 0 Å². The maximum Gasteiger partial charge on any atom is 0.263 e. The van der Waals surface area contributed by atoms with Crippen LogP contribution in [-0.4, -0.2) is 58.6 Å². The van der Waals surface area contributed by atoms with Crippen molar-refractivity contribution in [3.63, 3.8) is 0 Å². The number of hydrogen-bond donors (Lipinski definition) is 3. The van der Waals surface area contributed by atoms with E-state index in [2.05, 4.69) is 20.5 Å². The van der Waals surface area contributed by atoms with Gasteiger partial charge in [-0.25, -0.2) is 13.8 Å². The summed E-state index contributed by atoms with van der Waals surface area (Å²) in [6.07, 6.45) is 2.08. The summed E-state index contributed by atoms with van der Waals surface area (Å²) in [5, 5.41) is 16.3. The van der Waals surface area contributed by atoms with Crippen molar-refractivity contribution in [1.82, 2.24) is 15.6 Å². The third kappa shape index (κ3) is 6.78. The number of amides is 2. The number of benzene rings is 1. The van der Waals surface area contributed by atoms with E-state index in [4.69, 9.17) is 27.9 Å². The fourth-order valence-corrected chi connectivity index (χ4v) is 6.02. The Morgan fingerprint density at radius 2 is 1.77 bits per heavy atom. The number of alkyl halides is 2. The molecule has 0 radical (unpaired) electrons. The van der Waals surface area contributed by atoms with Gasteiger partial charge in [0, 0.05) is 34.9 Å². The second kappa shape index (κ2) is 11.7. The molecule has 1 unspecified atom stereocenters. The number of ether oxygens (including phenoxy) is 1. The van der Waals surface area contributed by atoms with Gasteiger partial charge < -0.3 is 25.4 Å². The first-order valence-electron chi connectivity index (χ1n) is 13.2. The third-order valence-corrected chi connectivity index (χ3v) is 7.96. The molecule has 2 amide bonds. The van der Waals surface area contributed by atoms with Crippen LogP contribution in [0.5, 0.6) is 5.75 Å². The highest BCUT2D eigenvalue weighted by molar-refractivity contribution is 6.36. The number of nitrogens with zero attached hydrogens (tertiary/aromatic N) is 2. The zero-order chi connectivity index (χ0) is 29.4. The van der Waals surface area contributed by atoms with Crippen molar-refractivity contribution in [3.8, 4) is 5.75 Å². The summed E-state index contributed by atoms with van der Waals surface area (Å²) in [6, 6.07) is 6.59. The molecule has 3 N–H and O–H groups in total. The van der Waals surface area contributed by atoms with Gasteiger partial charge in [0.25, 0.3) is 18.2 Å². The number of rotatable bonds is 9. The van der Waals surface area contributed by atoms with Gasteiger partial charge in [0.05, 0.1) is 22.7 Å². The van der Waals surface area contributed by atoms with Crippen molar-refractivity contribution in [1.29, 1.82) is 0 Å². The number of aromatic nitrogens is 1. The zero-order valence-electron chi connectivity index (χ0n) is 22.8. The smallest absolute Gasteiger partial charge is 0.263 e. The summed E-state index contributed by atoms with van der Waals surface area (Å²) in [5.41, 5.74) is -1.83. The minimum absolute atomic E-state index is 0.0730. The molecule has 2 aliphatic heterocycles. The summed E-state index contributed by atoms with van der Waals surface area (Å²) in [4.78, 5) is 32.0. The van der Waals surface area contributed by atoms with Gasteiger partial charge in [-0.1, -0.05) is 23.2 Å². The number of hydrogen-bond acceptors (Lipinski definition) is 6. The maximum atomic E-state index is 13.3. The second-order valence-electron chi connectivity index (χ2n) is 11.4. The van der Waals surface area contributed by atoms with Gasteiger partial charge in [0.2, 0.25) is 0 Å². The van der Waals surface area contributed by atoms with Crippen molar-refractivity contribution in [2.75, 3.05) is 11.4 Å². The Hall–Kier alpha value is -2.69. The lowest BCUT2D eigenvalue weighted by molar-refractivity contribution is -0.135. The van der Waals surface area contributed by atoms with Crippen LogP contribution in [0.15, 0.2) is 30.5 Å². The van der Waals surface area contributed by atoms with E-state index in [1.807, 2.05) is 0 Å². The molecule has 3 heterocycles. The number of pyridine rings is 1. The Kier molecular flexibility index (Phi) is 8.82. The number of carbonyl (C=O) groups excluding carboxylic acids is 2. The number of piperidine rings is 1. The predicted molar refractivity (Wildman–Crippen MR) is 149 cm³/mol. The van der Waals surface area contributed by atoms with E-state index < -0.39 is 30.1 Å². The lowest BCUT2D eigenvalue weighted by Gasteiger charge is -2.41. The number of halogens is 4. The molecule has 0 aliphatic carbocycles. The van der Waals surface area contributed by atoms with Gasteiger partial charge in [0.15, 0.2) is 5.60 Å². The maximum absolute atomic E-state index is 13.3. The molecule has 0 spiro atoms. The normalized spacial score (nSPS) is 20.9. The molecule has 2 saturated heterocycles. The van der Waals surface area contributed by atoms with E-state index >= 15 is 0 Å². The Labute approximate surface area is 242 Å². The van der Waals surface area contributed by atoms with Gasteiger partial charge >= 0.3 is 0 Å². The molecular weight excluding hydrogens is 565 g/mol. The largest absolute Gasteiger partial charge is 0.476 e.